The maximum Gasteiger partial charge on any atom is 0.319 e. The molecule has 3 amide bonds. The Kier molecular flexibility index (Phi) is 6.19. The van der Waals surface area contributed by atoms with Crippen molar-refractivity contribution >= 4 is 23.6 Å². The van der Waals surface area contributed by atoms with E-state index in [0.29, 0.717) is 17.7 Å². The molecular formula is C14H19N3O4. The second-order valence-electron chi connectivity index (χ2n) is 4.65. The van der Waals surface area contributed by atoms with Gasteiger partial charge in [0.2, 0.25) is 5.91 Å². The summed E-state index contributed by atoms with van der Waals surface area (Å²) in [6.07, 6.45) is 0.664. The van der Waals surface area contributed by atoms with E-state index in [1.165, 1.54) is 6.07 Å². The number of hydrogen-bond acceptors (Lipinski definition) is 3. The zero-order chi connectivity index (χ0) is 15.8. The van der Waals surface area contributed by atoms with Crippen molar-refractivity contribution in [2.24, 2.45) is 11.7 Å². The highest BCUT2D eigenvalue weighted by Crippen LogP contribution is 2.10. The average molecular weight is 293 g/mol. The lowest BCUT2D eigenvalue weighted by Gasteiger charge is -2.14. The van der Waals surface area contributed by atoms with Gasteiger partial charge in [0.25, 0.3) is 0 Å². The Morgan fingerprint density at radius 1 is 1.33 bits per heavy atom. The first-order valence-electron chi connectivity index (χ1n) is 6.58. The molecule has 1 unspecified atom stereocenters. The quantitative estimate of drug-likeness (QED) is 0.607. The van der Waals surface area contributed by atoms with Crippen molar-refractivity contribution in [3.63, 3.8) is 0 Å². The molecule has 5 N–H and O–H groups in total. The van der Waals surface area contributed by atoms with Crippen molar-refractivity contribution < 1.29 is 19.5 Å². The number of carbonyl (C=O) groups is 3. The number of nitrogens with two attached hydrogens (primary N) is 1. The van der Waals surface area contributed by atoms with Gasteiger partial charge in [0.1, 0.15) is 0 Å². The second kappa shape index (κ2) is 7.88. The zero-order valence-corrected chi connectivity index (χ0v) is 11.8. The van der Waals surface area contributed by atoms with Crippen molar-refractivity contribution in [3.8, 4) is 0 Å². The van der Waals surface area contributed by atoms with Gasteiger partial charge in [-0.1, -0.05) is 19.4 Å². The summed E-state index contributed by atoms with van der Waals surface area (Å²) in [4.78, 5) is 33.4. The molecule has 0 aliphatic rings. The first-order valence-corrected chi connectivity index (χ1v) is 6.58. The van der Waals surface area contributed by atoms with Crippen LogP contribution in [0.1, 0.15) is 30.1 Å². The fraction of sp³-hybridized carbons (Fsp3) is 0.357. The summed E-state index contributed by atoms with van der Waals surface area (Å²) in [5.74, 6) is -1.59. The van der Waals surface area contributed by atoms with Crippen LogP contribution in [0.15, 0.2) is 24.3 Å². The fourth-order valence-corrected chi connectivity index (χ4v) is 1.77. The van der Waals surface area contributed by atoms with Crippen LogP contribution in [-0.4, -0.2) is 29.6 Å². The molecule has 0 saturated carbocycles. The largest absolute Gasteiger partial charge is 0.481 e. The summed E-state index contributed by atoms with van der Waals surface area (Å²) in [6, 6.07) is 5.79. The maximum absolute atomic E-state index is 11.7. The van der Waals surface area contributed by atoms with Crippen LogP contribution in [0.4, 0.5) is 10.5 Å². The normalized spacial score (nSPS) is 11.5. The fourth-order valence-electron chi connectivity index (χ4n) is 1.77. The second-order valence-corrected chi connectivity index (χ2v) is 4.65. The van der Waals surface area contributed by atoms with Crippen molar-refractivity contribution in [1.29, 1.82) is 0 Å². The van der Waals surface area contributed by atoms with Gasteiger partial charge in [-0.25, -0.2) is 4.79 Å². The minimum absolute atomic E-state index is 0.00788. The van der Waals surface area contributed by atoms with Crippen LogP contribution < -0.4 is 16.4 Å². The molecule has 0 fully saturated rings. The summed E-state index contributed by atoms with van der Waals surface area (Å²) in [6.45, 7) is 2.13. The standard InChI is InChI=1S/C14H19N3O4/c1-2-9(6-12(18)19)8-16-14(21)17-11-5-3-4-10(7-11)13(15)20/h3-5,7,9H,2,6,8H2,1H3,(H2,15,20)(H,18,19)(H2,16,17,21). The first kappa shape index (κ1) is 16.5. The summed E-state index contributed by atoms with van der Waals surface area (Å²) < 4.78 is 0. The van der Waals surface area contributed by atoms with Gasteiger partial charge in [0, 0.05) is 24.2 Å². The van der Waals surface area contributed by atoms with E-state index in [1.54, 1.807) is 18.2 Å². The lowest BCUT2D eigenvalue weighted by molar-refractivity contribution is -0.138. The van der Waals surface area contributed by atoms with Gasteiger partial charge in [-0.15, -0.1) is 0 Å². The smallest absolute Gasteiger partial charge is 0.319 e. The Balaban J connectivity index is 2.51. The highest BCUT2D eigenvalue weighted by atomic mass is 16.4. The van der Waals surface area contributed by atoms with Crippen LogP contribution in [-0.2, 0) is 4.79 Å². The number of carbonyl (C=O) groups excluding carboxylic acids is 2. The molecule has 1 aromatic carbocycles. The number of hydrogen-bond donors (Lipinski definition) is 4. The highest BCUT2D eigenvalue weighted by Gasteiger charge is 2.12. The average Bonchev–Trinajstić information content (AvgIpc) is 2.43. The topological polar surface area (TPSA) is 122 Å². The van der Waals surface area contributed by atoms with E-state index in [1.807, 2.05) is 6.92 Å². The summed E-state index contributed by atoms with van der Waals surface area (Å²) in [7, 11) is 0. The molecule has 114 valence electrons. The van der Waals surface area contributed by atoms with E-state index in [2.05, 4.69) is 10.6 Å². The molecule has 7 nitrogen and oxygen atoms in total. The number of benzene rings is 1. The molecule has 0 saturated heterocycles. The predicted octanol–water partition coefficient (Wildman–Crippen LogP) is 1.41. The lowest BCUT2D eigenvalue weighted by atomic mass is 10.0. The van der Waals surface area contributed by atoms with E-state index in [-0.39, 0.29) is 18.9 Å². The van der Waals surface area contributed by atoms with Crippen molar-refractivity contribution in [2.45, 2.75) is 19.8 Å². The minimum atomic E-state index is -0.891. The molecule has 0 aromatic heterocycles. The van der Waals surface area contributed by atoms with E-state index in [4.69, 9.17) is 10.8 Å². The van der Waals surface area contributed by atoms with Crippen molar-refractivity contribution in [3.05, 3.63) is 29.8 Å². The van der Waals surface area contributed by atoms with Crippen LogP contribution in [0.5, 0.6) is 0 Å². The number of carboxylic acids is 1. The van der Waals surface area contributed by atoms with Crippen LogP contribution in [0.3, 0.4) is 0 Å². The van der Waals surface area contributed by atoms with Gasteiger partial charge in [-0.05, 0) is 24.1 Å². The summed E-state index contributed by atoms with van der Waals surface area (Å²) in [5.41, 5.74) is 5.89. The minimum Gasteiger partial charge on any atom is -0.481 e. The Hall–Kier alpha value is -2.57. The van der Waals surface area contributed by atoms with Crippen molar-refractivity contribution in [2.75, 3.05) is 11.9 Å². The number of urea groups is 1. The molecule has 0 spiro atoms. The number of aliphatic carboxylic acids is 1. The molecule has 1 rings (SSSR count). The van der Waals surface area contributed by atoms with Gasteiger partial charge in [-0.2, -0.15) is 0 Å². The molecule has 0 heterocycles. The number of carboxylic acid groups (broad SMARTS) is 1. The third kappa shape index (κ3) is 5.94. The van der Waals surface area contributed by atoms with Gasteiger partial charge < -0.3 is 21.5 Å². The number of anilines is 1. The molecule has 0 bridgehead atoms. The third-order valence-corrected chi connectivity index (χ3v) is 3.00. The van der Waals surface area contributed by atoms with Gasteiger partial charge in [-0.3, -0.25) is 9.59 Å². The van der Waals surface area contributed by atoms with E-state index >= 15 is 0 Å². The van der Waals surface area contributed by atoms with E-state index in [9.17, 15) is 14.4 Å². The molecule has 0 aliphatic heterocycles. The molecular weight excluding hydrogens is 274 g/mol. The number of amides is 3. The highest BCUT2D eigenvalue weighted by molar-refractivity contribution is 5.95. The third-order valence-electron chi connectivity index (χ3n) is 3.00. The number of rotatable bonds is 7. The Morgan fingerprint density at radius 2 is 2.05 bits per heavy atom. The molecule has 0 aliphatic carbocycles. The number of nitrogens with one attached hydrogen (secondary N) is 2. The molecule has 7 heteroatoms. The van der Waals surface area contributed by atoms with Crippen molar-refractivity contribution in [1.82, 2.24) is 5.32 Å². The number of primary amides is 1. The van der Waals surface area contributed by atoms with Crippen LogP contribution in [0.2, 0.25) is 0 Å². The monoisotopic (exact) mass is 293 g/mol. The van der Waals surface area contributed by atoms with Gasteiger partial charge >= 0.3 is 12.0 Å². The molecule has 1 atom stereocenters. The Bertz CT molecular complexity index is 531. The Morgan fingerprint density at radius 3 is 2.62 bits per heavy atom. The predicted molar refractivity (Wildman–Crippen MR) is 78.0 cm³/mol. The SMILES string of the molecule is CCC(CNC(=O)Nc1cccc(C(N)=O)c1)CC(=O)O. The van der Waals surface area contributed by atoms with Crippen LogP contribution >= 0.6 is 0 Å². The van der Waals surface area contributed by atoms with E-state index < -0.39 is 17.9 Å². The van der Waals surface area contributed by atoms with Crippen LogP contribution in [0, 0.1) is 5.92 Å². The maximum atomic E-state index is 11.7. The summed E-state index contributed by atoms with van der Waals surface area (Å²) >= 11 is 0. The van der Waals surface area contributed by atoms with E-state index in [0.717, 1.165) is 0 Å². The van der Waals surface area contributed by atoms with Gasteiger partial charge in [0.05, 0.1) is 0 Å². The first-order chi connectivity index (χ1) is 9.92. The van der Waals surface area contributed by atoms with Crippen LogP contribution in [0.25, 0.3) is 0 Å². The molecule has 1 aromatic rings. The zero-order valence-electron chi connectivity index (χ0n) is 11.8. The lowest BCUT2D eigenvalue weighted by Crippen LogP contribution is -2.33. The van der Waals surface area contributed by atoms with Gasteiger partial charge in [0.15, 0.2) is 0 Å². The molecule has 21 heavy (non-hydrogen) atoms. The Labute approximate surface area is 122 Å². The summed E-state index contributed by atoms with van der Waals surface area (Å²) in [5, 5.41) is 13.9. The molecule has 0 radical (unpaired) electrons.